The number of benzene rings is 2. The van der Waals surface area contributed by atoms with Crippen molar-refractivity contribution in [3.8, 4) is 17.6 Å². The molecule has 0 saturated heterocycles. The van der Waals surface area contributed by atoms with Crippen molar-refractivity contribution in [3.05, 3.63) is 59.2 Å². The second kappa shape index (κ2) is 7.04. The first-order chi connectivity index (χ1) is 11.3. The van der Waals surface area contributed by atoms with Gasteiger partial charge in [0.1, 0.15) is 0 Å². The Balaban J connectivity index is 2.13. The predicted octanol–water partition coefficient (Wildman–Crippen LogP) is 3.73. The molecule has 0 bridgehead atoms. The molecule has 0 amide bonds. The van der Waals surface area contributed by atoms with Gasteiger partial charge in [0.2, 0.25) is 0 Å². The first-order valence-corrected chi connectivity index (χ1v) is 6.78. The Hall–Kier alpha value is -3.01. The third-order valence-electron chi connectivity index (χ3n) is 3.12. The van der Waals surface area contributed by atoms with Gasteiger partial charge in [-0.05, 0) is 23.8 Å². The van der Waals surface area contributed by atoms with Gasteiger partial charge in [-0.3, -0.25) is 4.79 Å². The van der Waals surface area contributed by atoms with Gasteiger partial charge in [-0.15, -0.1) is 0 Å². The summed E-state index contributed by atoms with van der Waals surface area (Å²) >= 11 is 0. The van der Waals surface area contributed by atoms with Crippen molar-refractivity contribution in [1.82, 2.24) is 0 Å². The summed E-state index contributed by atoms with van der Waals surface area (Å²) in [5.74, 6) is -0.461. The second-order valence-electron chi connectivity index (χ2n) is 4.83. The zero-order valence-electron chi connectivity index (χ0n) is 12.6. The van der Waals surface area contributed by atoms with E-state index in [0.29, 0.717) is 5.56 Å². The molecule has 0 aliphatic carbocycles. The third kappa shape index (κ3) is 4.26. The molecule has 0 fully saturated rings. The summed E-state index contributed by atoms with van der Waals surface area (Å²) in [4.78, 5) is 11.9. The highest BCUT2D eigenvalue weighted by atomic mass is 19.4. The van der Waals surface area contributed by atoms with E-state index in [4.69, 9.17) is 14.7 Å². The maximum Gasteiger partial charge on any atom is 0.416 e. The lowest BCUT2D eigenvalue weighted by Crippen LogP contribution is -2.13. The highest BCUT2D eigenvalue weighted by Gasteiger charge is 2.30. The summed E-state index contributed by atoms with van der Waals surface area (Å²) < 4.78 is 48.1. The molecule has 0 atom stereocenters. The van der Waals surface area contributed by atoms with Crippen LogP contribution in [0.1, 0.15) is 16.7 Å². The number of hydrogen-bond donors (Lipinski definition) is 0. The number of rotatable bonds is 4. The zero-order valence-corrected chi connectivity index (χ0v) is 12.6. The Morgan fingerprint density at radius 2 is 1.92 bits per heavy atom. The molecule has 0 spiro atoms. The lowest BCUT2D eigenvalue weighted by atomic mass is 10.1. The summed E-state index contributed by atoms with van der Waals surface area (Å²) in [6, 6.07) is 10.6. The van der Waals surface area contributed by atoms with Gasteiger partial charge in [-0.25, -0.2) is 0 Å². The van der Waals surface area contributed by atoms with Crippen molar-refractivity contribution in [3.63, 3.8) is 0 Å². The Kier molecular flexibility index (Phi) is 5.09. The Bertz CT molecular complexity index is 794. The van der Waals surface area contributed by atoms with Crippen LogP contribution in [0, 0.1) is 11.3 Å². The Morgan fingerprint density at radius 3 is 2.54 bits per heavy atom. The van der Waals surface area contributed by atoms with Crippen LogP contribution in [-0.4, -0.2) is 13.1 Å². The molecule has 2 rings (SSSR count). The summed E-state index contributed by atoms with van der Waals surface area (Å²) in [5, 5.41) is 8.81. The minimum absolute atomic E-state index is 0.0912. The molecule has 2 aromatic rings. The fourth-order valence-electron chi connectivity index (χ4n) is 2.00. The number of esters is 1. The molecule has 7 heteroatoms. The fraction of sp³-hybridized carbons (Fsp3) is 0.176. The van der Waals surface area contributed by atoms with Gasteiger partial charge in [0.15, 0.2) is 11.5 Å². The molecular weight excluding hydrogens is 323 g/mol. The highest BCUT2D eigenvalue weighted by molar-refractivity contribution is 5.76. The number of nitrogens with zero attached hydrogens (tertiary/aromatic N) is 1. The molecule has 4 nitrogen and oxygen atoms in total. The van der Waals surface area contributed by atoms with Gasteiger partial charge in [-0.2, -0.15) is 18.4 Å². The minimum Gasteiger partial charge on any atom is -0.493 e. The van der Waals surface area contributed by atoms with Crippen molar-refractivity contribution in [1.29, 1.82) is 5.26 Å². The van der Waals surface area contributed by atoms with E-state index < -0.39 is 17.7 Å². The normalized spacial score (nSPS) is 10.8. The SMILES string of the molecule is COc1cc(C#N)ccc1OC(=O)Cc1cccc(C(F)(F)F)c1. The number of alkyl halides is 3. The number of nitriles is 1. The lowest BCUT2D eigenvalue weighted by molar-refractivity contribution is -0.138. The van der Waals surface area contributed by atoms with Crippen molar-refractivity contribution >= 4 is 5.97 Å². The third-order valence-corrected chi connectivity index (χ3v) is 3.12. The molecule has 0 N–H and O–H groups in total. The minimum atomic E-state index is -4.48. The van der Waals surface area contributed by atoms with Crippen LogP contribution in [0.3, 0.4) is 0 Å². The van der Waals surface area contributed by atoms with Crippen LogP contribution < -0.4 is 9.47 Å². The summed E-state index contributed by atoms with van der Waals surface area (Å²) in [6.45, 7) is 0. The van der Waals surface area contributed by atoms with Crippen molar-refractivity contribution in [2.24, 2.45) is 0 Å². The number of ether oxygens (including phenoxy) is 2. The van der Waals surface area contributed by atoms with Crippen molar-refractivity contribution in [2.45, 2.75) is 12.6 Å². The maximum absolute atomic E-state index is 12.7. The fourth-order valence-corrected chi connectivity index (χ4v) is 2.00. The number of methoxy groups -OCH3 is 1. The van der Waals surface area contributed by atoms with E-state index in [1.807, 2.05) is 6.07 Å². The van der Waals surface area contributed by atoms with Crippen LogP contribution in [0.2, 0.25) is 0 Å². The summed E-state index contributed by atoms with van der Waals surface area (Å²) in [7, 11) is 1.35. The molecule has 0 saturated carbocycles. The molecule has 124 valence electrons. The monoisotopic (exact) mass is 335 g/mol. The predicted molar refractivity (Wildman–Crippen MR) is 78.5 cm³/mol. The first kappa shape index (κ1) is 17.3. The van der Waals surface area contributed by atoms with Crippen LogP contribution in [0.15, 0.2) is 42.5 Å². The molecule has 0 radical (unpaired) electrons. The molecule has 2 aromatic carbocycles. The van der Waals surface area contributed by atoms with Gasteiger partial charge in [0, 0.05) is 6.07 Å². The first-order valence-electron chi connectivity index (χ1n) is 6.78. The van der Waals surface area contributed by atoms with E-state index >= 15 is 0 Å². The van der Waals surface area contributed by atoms with Crippen molar-refractivity contribution in [2.75, 3.05) is 7.11 Å². The lowest BCUT2D eigenvalue weighted by Gasteiger charge is -2.10. The zero-order chi connectivity index (χ0) is 17.7. The topological polar surface area (TPSA) is 59.3 Å². The number of hydrogen-bond acceptors (Lipinski definition) is 4. The van der Waals surface area contributed by atoms with Gasteiger partial charge in [0.05, 0.1) is 30.7 Å². The molecule has 0 heterocycles. The second-order valence-corrected chi connectivity index (χ2v) is 4.83. The van der Waals surface area contributed by atoms with Crippen molar-refractivity contribution < 1.29 is 27.4 Å². The molecule has 24 heavy (non-hydrogen) atoms. The van der Waals surface area contributed by atoms with E-state index in [0.717, 1.165) is 12.1 Å². The molecule has 0 aliphatic rings. The molecular formula is C17H12F3NO3. The number of carbonyl (C=O) groups is 1. The molecule has 0 unspecified atom stereocenters. The van der Waals surface area contributed by atoms with Gasteiger partial charge < -0.3 is 9.47 Å². The number of halogens is 3. The van der Waals surface area contributed by atoms with Gasteiger partial charge >= 0.3 is 12.1 Å². The van der Waals surface area contributed by atoms with Crippen LogP contribution in [0.25, 0.3) is 0 Å². The smallest absolute Gasteiger partial charge is 0.416 e. The average Bonchev–Trinajstić information content (AvgIpc) is 2.54. The van der Waals surface area contributed by atoms with E-state index in [1.165, 1.54) is 37.4 Å². The maximum atomic E-state index is 12.7. The van der Waals surface area contributed by atoms with Gasteiger partial charge in [-0.1, -0.05) is 18.2 Å². The van der Waals surface area contributed by atoms with Crippen LogP contribution in [0.4, 0.5) is 13.2 Å². The van der Waals surface area contributed by atoms with E-state index in [1.54, 1.807) is 0 Å². The van der Waals surface area contributed by atoms with E-state index in [-0.39, 0.29) is 23.5 Å². The van der Waals surface area contributed by atoms with Gasteiger partial charge in [0.25, 0.3) is 0 Å². The van der Waals surface area contributed by atoms with E-state index in [2.05, 4.69) is 0 Å². The van der Waals surface area contributed by atoms with E-state index in [9.17, 15) is 18.0 Å². The number of carbonyl (C=O) groups excluding carboxylic acids is 1. The quantitative estimate of drug-likeness (QED) is 0.631. The van der Waals surface area contributed by atoms with Crippen LogP contribution >= 0.6 is 0 Å². The highest BCUT2D eigenvalue weighted by Crippen LogP contribution is 2.30. The summed E-state index contributed by atoms with van der Waals surface area (Å²) in [5.41, 5.74) is -0.323. The average molecular weight is 335 g/mol. The Labute approximate surface area is 136 Å². The Morgan fingerprint density at radius 1 is 1.17 bits per heavy atom. The largest absolute Gasteiger partial charge is 0.493 e. The van der Waals surface area contributed by atoms with Crippen LogP contribution in [-0.2, 0) is 17.4 Å². The summed E-state index contributed by atoms with van der Waals surface area (Å²) in [6.07, 6.45) is -4.80. The molecule has 0 aromatic heterocycles. The standard InChI is InChI=1S/C17H12F3NO3/c1-23-15-8-12(10-21)5-6-14(15)24-16(22)9-11-3-2-4-13(7-11)17(18,19)20/h2-8H,9H2,1H3. The van der Waals surface area contributed by atoms with Crippen LogP contribution in [0.5, 0.6) is 11.5 Å². The molecule has 0 aliphatic heterocycles.